The van der Waals surface area contributed by atoms with Crippen molar-refractivity contribution in [1.29, 1.82) is 0 Å². The topological polar surface area (TPSA) is 80.4 Å². The first-order valence-corrected chi connectivity index (χ1v) is 5.91. The highest BCUT2D eigenvalue weighted by molar-refractivity contribution is 8.57. The lowest BCUT2D eigenvalue weighted by atomic mass is 10.2. The SMILES string of the molecule is NC(=O)S1(C(=O)O)C=Cc2ccccc21. The molecule has 0 radical (unpaired) electrons. The van der Waals surface area contributed by atoms with Crippen LogP contribution >= 0.6 is 10.0 Å². The van der Waals surface area contributed by atoms with Gasteiger partial charge in [0.15, 0.2) is 0 Å². The van der Waals surface area contributed by atoms with Crippen LogP contribution in [0.2, 0.25) is 0 Å². The van der Waals surface area contributed by atoms with E-state index >= 15 is 0 Å². The standard InChI is InChI=1S/C10H9NO3S/c11-9(12)15(10(13)14)6-5-7-3-1-2-4-8(7)15/h1-6H,(H2,11,12)(H,13,14). The molecule has 0 spiro atoms. The largest absolute Gasteiger partial charge is 0.473 e. The molecule has 0 bridgehead atoms. The van der Waals surface area contributed by atoms with Crippen LogP contribution in [0, 0.1) is 0 Å². The van der Waals surface area contributed by atoms with E-state index in [9.17, 15) is 9.59 Å². The minimum Gasteiger partial charge on any atom is -0.473 e. The average Bonchev–Trinajstić information content (AvgIpc) is 2.57. The van der Waals surface area contributed by atoms with Crippen molar-refractivity contribution in [1.82, 2.24) is 0 Å². The van der Waals surface area contributed by atoms with E-state index in [4.69, 9.17) is 10.8 Å². The Morgan fingerprint density at radius 3 is 2.53 bits per heavy atom. The van der Waals surface area contributed by atoms with Gasteiger partial charge in [-0.2, -0.15) is 0 Å². The second-order valence-electron chi connectivity index (χ2n) is 3.09. The molecule has 0 aliphatic carbocycles. The van der Waals surface area contributed by atoms with Crippen LogP contribution < -0.4 is 5.73 Å². The molecule has 0 aromatic heterocycles. The lowest BCUT2D eigenvalue weighted by Gasteiger charge is -2.25. The third kappa shape index (κ3) is 1.16. The molecular formula is C10H9NO3S. The fourth-order valence-corrected chi connectivity index (χ4v) is 3.70. The number of carbonyl (C=O) groups excluding carboxylic acids is 1. The molecule has 1 heterocycles. The van der Waals surface area contributed by atoms with Gasteiger partial charge in [0, 0.05) is 4.90 Å². The van der Waals surface area contributed by atoms with Crippen LogP contribution in [-0.4, -0.2) is 15.6 Å². The van der Waals surface area contributed by atoms with Crippen LogP contribution in [0.25, 0.3) is 6.08 Å². The van der Waals surface area contributed by atoms with E-state index in [0.29, 0.717) is 4.90 Å². The number of hydrogen-bond acceptors (Lipinski definition) is 2. The summed E-state index contributed by atoms with van der Waals surface area (Å²) >= 11 is 0. The van der Waals surface area contributed by atoms with Gasteiger partial charge in [0.25, 0.3) is 5.24 Å². The third-order valence-electron chi connectivity index (χ3n) is 2.31. The molecule has 15 heavy (non-hydrogen) atoms. The number of carbonyl (C=O) groups is 2. The summed E-state index contributed by atoms with van der Waals surface area (Å²) in [6.45, 7) is 0. The van der Waals surface area contributed by atoms with Gasteiger partial charge >= 0.3 is 5.30 Å². The molecule has 1 atom stereocenters. The zero-order chi connectivity index (χ0) is 11.1. The number of nitrogens with two attached hydrogens (primary N) is 1. The smallest absolute Gasteiger partial charge is 0.363 e. The first kappa shape index (κ1) is 9.79. The van der Waals surface area contributed by atoms with Crippen molar-refractivity contribution in [2.75, 3.05) is 0 Å². The Kier molecular flexibility index (Phi) is 2.04. The van der Waals surface area contributed by atoms with Crippen molar-refractivity contribution < 1.29 is 14.7 Å². The number of amides is 1. The maximum atomic E-state index is 11.4. The van der Waals surface area contributed by atoms with E-state index in [0.717, 1.165) is 5.56 Å². The maximum absolute atomic E-state index is 11.4. The van der Waals surface area contributed by atoms with Crippen molar-refractivity contribution in [2.24, 2.45) is 5.73 Å². The Labute approximate surface area is 87.7 Å². The summed E-state index contributed by atoms with van der Waals surface area (Å²) in [5.74, 6) is 0. The van der Waals surface area contributed by atoms with Gasteiger partial charge < -0.3 is 10.8 Å². The first-order valence-electron chi connectivity index (χ1n) is 4.22. The lowest BCUT2D eigenvalue weighted by Crippen LogP contribution is -2.22. The summed E-state index contributed by atoms with van der Waals surface area (Å²) in [7, 11) is -2.68. The van der Waals surface area contributed by atoms with Gasteiger partial charge in [-0.3, -0.25) is 4.79 Å². The molecule has 4 nitrogen and oxygen atoms in total. The highest BCUT2D eigenvalue weighted by atomic mass is 32.3. The molecule has 0 saturated carbocycles. The third-order valence-corrected chi connectivity index (χ3v) is 5.11. The van der Waals surface area contributed by atoms with Gasteiger partial charge in [0.1, 0.15) is 0 Å². The van der Waals surface area contributed by atoms with Crippen molar-refractivity contribution >= 4 is 26.6 Å². The summed E-state index contributed by atoms with van der Waals surface area (Å²) < 4.78 is 0. The number of carboxylic acid groups (broad SMARTS) is 1. The molecule has 1 amide bonds. The van der Waals surface area contributed by atoms with E-state index < -0.39 is 20.6 Å². The second kappa shape index (κ2) is 3.13. The zero-order valence-electron chi connectivity index (χ0n) is 7.71. The Balaban J connectivity index is 2.70. The van der Waals surface area contributed by atoms with Crippen LogP contribution in [0.5, 0.6) is 0 Å². The lowest BCUT2D eigenvalue weighted by molar-refractivity contribution is 0.221. The van der Waals surface area contributed by atoms with Gasteiger partial charge in [-0.15, -0.1) is 0 Å². The highest BCUT2D eigenvalue weighted by Crippen LogP contribution is 2.62. The summed E-state index contributed by atoms with van der Waals surface area (Å²) in [4.78, 5) is 23.1. The molecule has 1 unspecified atom stereocenters. The second-order valence-corrected chi connectivity index (χ2v) is 5.87. The zero-order valence-corrected chi connectivity index (χ0v) is 8.53. The van der Waals surface area contributed by atoms with Crippen LogP contribution in [0.15, 0.2) is 34.6 Å². The molecular weight excluding hydrogens is 214 g/mol. The maximum Gasteiger partial charge on any atom is 0.363 e. The molecule has 2 rings (SSSR count). The molecule has 1 aromatic rings. The summed E-state index contributed by atoms with van der Waals surface area (Å²) in [5, 5.41) is 8.65. The summed E-state index contributed by atoms with van der Waals surface area (Å²) in [6.07, 6.45) is 1.64. The van der Waals surface area contributed by atoms with Gasteiger partial charge in [0.05, 0.1) is 0 Å². The highest BCUT2D eigenvalue weighted by Gasteiger charge is 2.42. The molecule has 1 aliphatic heterocycles. The van der Waals surface area contributed by atoms with Crippen LogP contribution in [0.4, 0.5) is 9.59 Å². The van der Waals surface area contributed by atoms with E-state index in [1.54, 1.807) is 30.3 Å². The minimum absolute atomic E-state index is 0.519. The van der Waals surface area contributed by atoms with Crippen molar-refractivity contribution in [3.05, 3.63) is 35.2 Å². The van der Waals surface area contributed by atoms with Crippen LogP contribution in [-0.2, 0) is 0 Å². The van der Waals surface area contributed by atoms with Gasteiger partial charge in [-0.25, -0.2) is 4.79 Å². The Morgan fingerprint density at radius 1 is 1.27 bits per heavy atom. The number of primary amides is 1. The number of fused-ring (bicyclic) bond motifs is 1. The first-order chi connectivity index (χ1) is 7.09. The Bertz CT molecular complexity index is 467. The summed E-state index contributed by atoms with van der Waals surface area (Å²) in [5.41, 5.74) is 5.97. The Hall–Kier alpha value is -1.75. The average molecular weight is 223 g/mol. The monoisotopic (exact) mass is 223 g/mol. The van der Waals surface area contributed by atoms with Crippen molar-refractivity contribution in [3.8, 4) is 0 Å². The minimum atomic E-state index is -2.68. The van der Waals surface area contributed by atoms with Crippen molar-refractivity contribution in [2.45, 2.75) is 4.90 Å². The van der Waals surface area contributed by atoms with Crippen LogP contribution in [0.1, 0.15) is 5.56 Å². The molecule has 1 aromatic carbocycles. The predicted molar refractivity (Wildman–Crippen MR) is 58.9 cm³/mol. The van der Waals surface area contributed by atoms with Crippen LogP contribution in [0.3, 0.4) is 0 Å². The quantitative estimate of drug-likeness (QED) is 0.709. The number of benzene rings is 1. The van der Waals surface area contributed by atoms with E-state index in [1.165, 1.54) is 5.41 Å². The number of hydrogen-bond donors (Lipinski definition) is 2. The molecule has 78 valence electrons. The fraction of sp³-hybridized carbons (Fsp3) is 0. The van der Waals surface area contributed by atoms with Gasteiger partial charge in [-0.1, -0.05) is 18.2 Å². The van der Waals surface area contributed by atoms with E-state index in [2.05, 4.69) is 0 Å². The summed E-state index contributed by atoms with van der Waals surface area (Å²) in [6, 6.07) is 6.91. The molecule has 3 N–H and O–H groups in total. The normalized spacial score (nSPS) is 26.7. The van der Waals surface area contributed by atoms with Gasteiger partial charge in [-0.05, 0) is 33.1 Å². The van der Waals surface area contributed by atoms with Gasteiger partial charge in [0.2, 0.25) is 0 Å². The van der Waals surface area contributed by atoms with Crippen molar-refractivity contribution in [3.63, 3.8) is 0 Å². The molecule has 0 saturated heterocycles. The fourth-order valence-electron chi connectivity index (χ4n) is 1.57. The predicted octanol–water partition coefficient (Wildman–Crippen LogP) is 2.59. The Morgan fingerprint density at radius 2 is 1.93 bits per heavy atom. The van der Waals surface area contributed by atoms with E-state index in [1.807, 2.05) is 0 Å². The number of rotatable bonds is 0. The van der Waals surface area contributed by atoms with E-state index in [-0.39, 0.29) is 0 Å². The molecule has 5 heteroatoms. The molecule has 1 aliphatic rings. The molecule has 0 fully saturated rings.